The first kappa shape index (κ1) is 21.0. The summed E-state index contributed by atoms with van der Waals surface area (Å²) in [4.78, 5) is 16.5. The van der Waals surface area contributed by atoms with E-state index in [1.807, 2.05) is 0 Å². The Kier molecular flexibility index (Phi) is 7.00. The number of amides is 1. The quantitative estimate of drug-likeness (QED) is 0.519. The molecule has 0 fully saturated rings. The fourth-order valence-corrected chi connectivity index (χ4v) is 4.08. The summed E-state index contributed by atoms with van der Waals surface area (Å²) in [5.74, 6) is 0.569. The Morgan fingerprint density at radius 3 is 2.52 bits per heavy atom. The average Bonchev–Trinajstić information content (AvgIpc) is 3.20. The number of nitrogens with one attached hydrogen (secondary N) is 1. The molecule has 3 rings (SSSR count). The van der Waals surface area contributed by atoms with Crippen LogP contribution in [0.5, 0.6) is 0 Å². The van der Waals surface area contributed by atoms with Gasteiger partial charge in [-0.25, -0.2) is 8.42 Å². The summed E-state index contributed by atoms with van der Waals surface area (Å²) < 4.78 is 29.5. The van der Waals surface area contributed by atoms with Gasteiger partial charge in [0.25, 0.3) is 0 Å². The highest BCUT2D eigenvalue weighted by Gasteiger charge is 2.14. The molecule has 0 saturated heterocycles. The van der Waals surface area contributed by atoms with Crippen molar-refractivity contribution in [3.63, 3.8) is 0 Å². The van der Waals surface area contributed by atoms with Crippen LogP contribution in [0.2, 0.25) is 5.02 Å². The van der Waals surface area contributed by atoms with Gasteiger partial charge in [-0.1, -0.05) is 35.0 Å². The maximum Gasteiger partial charge on any atom is 0.227 e. The summed E-state index contributed by atoms with van der Waals surface area (Å²) in [5, 5.41) is 7.23. The predicted octanol–water partition coefficient (Wildman–Crippen LogP) is 3.30. The molecule has 1 N–H and O–H groups in total. The number of benzene rings is 2. The average molecular weight is 434 g/mol. The van der Waals surface area contributed by atoms with Crippen molar-refractivity contribution in [2.24, 2.45) is 0 Å². The molecule has 1 heterocycles. The molecule has 0 aliphatic heterocycles. The highest BCUT2D eigenvalue weighted by Crippen LogP contribution is 2.19. The van der Waals surface area contributed by atoms with Crippen molar-refractivity contribution < 1.29 is 17.7 Å². The van der Waals surface area contributed by atoms with Gasteiger partial charge in [0.2, 0.25) is 17.6 Å². The molecule has 2 aromatic carbocycles. The lowest BCUT2D eigenvalue weighted by molar-refractivity contribution is -0.121. The zero-order chi connectivity index (χ0) is 20.7. The zero-order valence-electron chi connectivity index (χ0n) is 15.5. The lowest BCUT2D eigenvalue weighted by atomic mass is 10.2. The van der Waals surface area contributed by atoms with Gasteiger partial charge in [0.1, 0.15) is 0 Å². The van der Waals surface area contributed by atoms with E-state index in [9.17, 15) is 13.2 Å². The standard InChI is InChI=1S/C20H20ClN3O4S/c21-16-9-7-15(8-10-16)20-23-19(28-24-20)12-11-18(25)22-13-4-14-29(26,27)17-5-2-1-3-6-17/h1-3,5-10H,4,11-14H2,(H,22,25). The topological polar surface area (TPSA) is 102 Å². The van der Waals surface area contributed by atoms with Crippen molar-refractivity contribution in [1.29, 1.82) is 0 Å². The largest absolute Gasteiger partial charge is 0.356 e. The van der Waals surface area contributed by atoms with Crippen LogP contribution in [0.4, 0.5) is 0 Å². The van der Waals surface area contributed by atoms with E-state index in [-0.39, 0.29) is 24.6 Å². The van der Waals surface area contributed by atoms with Crippen LogP contribution in [0.15, 0.2) is 64.0 Å². The van der Waals surface area contributed by atoms with Gasteiger partial charge in [0.05, 0.1) is 10.6 Å². The second kappa shape index (κ2) is 9.67. The number of carbonyl (C=O) groups excluding carboxylic acids is 1. The number of aromatic nitrogens is 2. The van der Waals surface area contributed by atoms with Gasteiger partial charge < -0.3 is 9.84 Å². The van der Waals surface area contributed by atoms with Crippen molar-refractivity contribution in [3.05, 3.63) is 65.5 Å². The molecule has 0 bridgehead atoms. The lowest BCUT2D eigenvalue weighted by Crippen LogP contribution is -2.26. The summed E-state index contributed by atoms with van der Waals surface area (Å²) in [7, 11) is -3.33. The van der Waals surface area contributed by atoms with Crippen LogP contribution in [0, 0.1) is 0 Å². The monoisotopic (exact) mass is 433 g/mol. The van der Waals surface area contributed by atoms with E-state index in [1.165, 1.54) is 0 Å². The second-order valence-electron chi connectivity index (χ2n) is 6.35. The van der Waals surface area contributed by atoms with E-state index >= 15 is 0 Å². The molecular weight excluding hydrogens is 414 g/mol. The van der Waals surface area contributed by atoms with E-state index in [2.05, 4.69) is 15.5 Å². The van der Waals surface area contributed by atoms with Gasteiger partial charge in [0.15, 0.2) is 9.84 Å². The fourth-order valence-electron chi connectivity index (χ4n) is 2.62. The van der Waals surface area contributed by atoms with Gasteiger partial charge in [-0.3, -0.25) is 4.79 Å². The minimum Gasteiger partial charge on any atom is -0.356 e. The number of sulfone groups is 1. The Morgan fingerprint density at radius 2 is 1.79 bits per heavy atom. The van der Waals surface area contributed by atoms with Crippen LogP contribution < -0.4 is 5.32 Å². The van der Waals surface area contributed by atoms with Gasteiger partial charge >= 0.3 is 0 Å². The SMILES string of the molecule is O=C(CCc1nc(-c2ccc(Cl)cc2)no1)NCCCS(=O)(=O)c1ccccc1. The third-order valence-corrected chi connectivity index (χ3v) is 6.22. The molecule has 0 spiro atoms. The van der Waals surface area contributed by atoms with E-state index < -0.39 is 9.84 Å². The van der Waals surface area contributed by atoms with E-state index in [0.29, 0.717) is 34.5 Å². The summed E-state index contributed by atoms with van der Waals surface area (Å²) >= 11 is 5.86. The maximum absolute atomic E-state index is 12.2. The molecule has 3 aromatic rings. The Hall–Kier alpha value is -2.71. The highest BCUT2D eigenvalue weighted by atomic mass is 35.5. The van der Waals surface area contributed by atoms with Crippen molar-refractivity contribution in [2.45, 2.75) is 24.2 Å². The van der Waals surface area contributed by atoms with E-state index in [4.69, 9.17) is 16.1 Å². The van der Waals surface area contributed by atoms with Crippen molar-refractivity contribution in [3.8, 4) is 11.4 Å². The molecule has 7 nitrogen and oxygen atoms in total. The fraction of sp³-hybridized carbons (Fsp3) is 0.250. The molecule has 1 aromatic heterocycles. The Balaban J connectivity index is 1.40. The van der Waals surface area contributed by atoms with Crippen molar-refractivity contribution in [2.75, 3.05) is 12.3 Å². The van der Waals surface area contributed by atoms with Crippen LogP contribution in [-0.2, 0) is 21.1 Å². The first-order chi connectivity index (χ1) is 13.9. The summed E-state index contributed by atoms with van der Waals surface area (Å²) in [6.07, 6.45) is 0.812. The van der Waals surface area contributed by atoms with Crippen molar-refractivity contribution >= 4 is 27.3 Å². The van der Waals surface area contributed by atoms with Crippen LogP contribution >= 0.6 is 11.6 Å². The lowest BCUT2D eigenvalue weighted by Gasteiger charge is -2.06. The smallest absolute Gasteiger partial charge is 0.227 e. The summed E-state index contributed by atoms with van der Waals surface area (Å²) in [6, 6.07) is 15.3. The summed E-state index contributed by atoms with van der Waals surface area (Å²) in [5.41, 5.74) is 0.772. The molecule has 29 heavy (non-hydrogen) atoms. The number of aryl methyl sites for hydroxylation is 1. The molecule has 9 heteroatoms. The van der Waals surface area contributed by atoms with Crippen LogP contribution in [0.3, 0.4) is 0 Å². The number of hydrogen-bond acceptors (Lipinski definition) is 6. The molecule has 0 saturated carbocycles. The molecule has 0 unspecified atom stereocenters. The van der Waals surface area contributed by atoms with Crippen LogP contribution in [0.25, 0.3) is 11.4 Å². The molecule has 0 radical (unpaired) electrons. The van der Waals surface area contributed by atoms with E-state index in [0.717, 1.165) is 5.56 Å². The van der Waals surface area contributed by atoms with Gasteiger partial charge in [-0.15, -0.1) is 0 Å². The normalized spacial score (nSPS) is 11.3. The first-order valence-electron chi connectivity index (χ1n) is 9.07. The molecule has 0 atom stereocenters. The zero-order valence-corrected chi connectivity index (χ0v) is 17.1. The number of nitrogens with zero attached hydrogens (tertiary/aromatic N) is 2. The summed E-state index contributed by atoms with van der Waals surface area (Å²) in [6.45, 7) is 0.282. The molecule has 0 aliphatic carbocycles. The van der Waals surface area contributed by atoms with Crippen LogP contribution in [0.1, 0.15) is 18.7 Å². The number of hydrogen-bond donors (Lipinski definition) is 1. The Labute approximate surface area is 174 Å². The number of rotatable bonds is 9. The van der Waals surface area contributed by atoms with E-state index in [1.54, 1.807) is 54.6 Å². The Morgan fingerprint density at radius 1 is 1.07 bits per heavy atom. The predicted molar refractivity (Wildman–Crippen MR) is 109 cm³/mol. The molecular formula is C20H20ClN3O4S. The molecule has 1 amide bonds. The van der Waals surface area contributed by atoms with Crippen molar-refractivity contribution in [1.82, 2.24) is 15.5 Å². The third kappa shape index (κ3) is 6.13. The van der Waals surface area contributed by atoms with Gasteiger partial charge in [-0.05, 0) is 42.8 Å². The number of carbonyl (C=O) groups is 1. The third-order valence-electron chi connectivity index (χ3n) is 4.15. The minimum atomic E-state index is -3.33. The van der Waals surface area contributed by atoms with Gasteiger partial charge in [0, 0.05) is 30.0 Å². The second-order valence-corrected chi connectivity index (χ2v) is 8.90. The molecule has 152 valence electrons. The van der Waals surface area contributed by atoms with Gasteiger partial charge in [-0.2, -0.15) is 4.98 Å². The van der Waals surface area contributed by atoms with Crippen LogP contribution in [-0.4, -0.2) is 36.8 Å². The molecule has 0 aliphatic rings. The minimum absolute atomic E-state index is 0.0224. The Bertz CT molecular complexity index is 1050. The highest BCUT2D eigenvalue weighted by molar-refractivity contribution is 7.91. The first-order valence-corrected chi connectivity index (χ1v) is 11.1. The number of halogens is 1. The maximum atomic E-state index is 12.2.